The third-order valence-electron chi connectivity index (χ3n) is 6.40. The van der Waals surface area contributed by atoms with Crippen molar-refractivity contribution in [2.45, 2.75) is 26.8 Å². The number of hydrogen-bond acceptors (Lipinski definition) is 3. The lowest BCUT2D eigenvalue weighted by Crippen LogP contribution is -2.37. The monoisotopic (exact) mass is 426 g/mol. The van der Waals surface area contributed by atoms with Crippen LogP contribution in [0.25, 0.3) is 5.57 Å². The Balaban J connectivity index is 1.66. The molecule has 0 spiro atoms. The molecular formula is C27H23FN2O2. The number of imide groups is 1. The van der Waals surface area contributed by atoms with Crippen molar-refractivity contribution in [3.8, 4) is 0 Å². The molecule has 0 aromatic heterocycles. The van der Waals surface area contributed by atoms with Crippen LogP contribution in [0.1, 0.15) is 27.8 Å². The Morgan fingerprint density at radius 2 is 1.53 bits per heavy atom. The number of halogens is 1. The van der Waals surface area contributed by atoms with E-state index in [2.05, 4.69) is 6.07 Å². The Bertz CT molecular complexity index is 1290. The van der Waals surface area contributed by atoms with Gasteiger partial charge in [0.15, 0.2) is 0 Å². The highest BCUT2D eigenvalue weighted by Crippen LogP contribution is 2.37. The molecule has 3 aromatic rings. The van der Waals surface area contributed by atoms with Crippen molar-refractivity contribution in [2.75, 3.05) is 11.4 Å². The summed E-state index contributed by atoms with van der Waals surface area (Å²) in [6, 6.07) is 19.8. The molecule has 0 aliphatic carbocycles. The summed E-state index contributed by atoms with van der Waals surface area (Å²) in [6.07, 6.45) is 0.779. The van der Waals surface area contributed by atoms with E-state index >= 15 is 0 Å². The van der Waals surface area contributed by atoms with Crippen molar-refractivity contribution in [1.82, 2.24) is 4.90 Å². The number of para-hydroxylation sites is 1. The van der Waals surface area contributed by atoms with Crippen LogP contribution in [0.2, 0.25) is 0 Å². The molecule has 0 fully saturated rings. The molecule has 2 heterocycles. The van der Waals surface area contributed by atoms with Crippen LogP contribution in [-0.2, 0) is 22.6 Å². The van der Waals surface area contributed by atoms with Crippen molar-refractivity contribution in [1.29, 1.82) is 0 Å². The zero-order valence-electron chi connectivity index (χ0n) is 18.1. The van der Waals surface area contributed by atoms with E-state index in [0.29, 0.717) is 29.9 Å². The standard InChI is InChI=1S/C27H23FN2O2/c1-17-11-12-20(15-18(17)2)24-25(29-14-13-19-7-3-4-8-21(19)16-29)27(32)30(26(24)31)23-10-6-5-9-22(23)28/h3-12,15H,13-14,16H2,1-2H3. The van der Waals surface area contributed by atoms with Gasteiger partial charge in [0, 0.05) is 13.1 Å². The molecule has 32 heavy (non-hydrogen) atoms. The van der Waals surface area contributed by atoms with E-state index < -0.39 is 17.6 Å². The Morgan fingerprint density at radius 1 is 0.812 bits per heavy atom. The van der Waals surface area contributed by atoms with Crippen molar-refractivity contribution >= 4 is 23.1 Å². The largest absolute Gasteiger partial charge is 0.362 e. The molecule has 0 radical (unpaired) electrons. The summed E-state index contributed by atoms with van der Waals surface area (Å²) < 4.78 is 14.6. The molecule has 0 atom stereocenters. The minimum Gasteiger partial charge on any atom is -0.362 e. The lowest BCUT2D eigenvalue weighted by Gasteiger charge is -2.31. The molecule has 0 bridgehead atoms. The third kappa shape index (κ3) is 3.21. The van der Waals surface area contributed by atoms with Gasteiger partial charge in [0.25, 0.3) is 11.8 Å². The number of aryl methyl sites for hydroxylation is 2. The van der Waals surface area contributed by atoms with E-state index in [-0.39, 0.29) is 5.69 Å². The molecule has 0 saturated heterocycles. The Labute approximate surface area is 186 Å². The molecule has 5 rings (SSSR count). The van der Waals surface area contributed by atoms with Crippen LogP contribution in [0.4, 0.5) is 10.1 Å². The summed E-state index contributed by atoms with van der Waals surface area (Å²) >= 11 is 0. The van der Waals surface area contributed by atoms with E-state index in [1.807, 2.05) is 55.1 Å². The second-order valence-electron chi connectivity index (χ2n) is 8.36. The van der Waals surface area contributed by atoms with E-state index in [0.717, 1.165) is 28.0 Å². The molecule has 3 aromatic carbocycles. The van der Waals surface area contributed by atoms with Crippen LogP contribution in [0, 0.1) is 19.7 Å². The fourth-order valence-electron chi connectivity index (χ4n) is 4.51. The lowest BCUT2D eigenvalue weighted by atomic mass is 9.96. The molecule has 5 heteroatoms. The predicted octanol–water partition coefficient (Wildman–Crippen LogP) is 4.79. The van der Waals surface area contributed by atoms with Gasteiger partial charge >= 0.3 is 0 Å². The number of amides is 2. The van der Waals surface area contributed by atoms with Crippen LogP contribution < -0.4 is 4.90 Å². The molecule has 0 N–H and O–H groups in total. The molecule has 0 unspecified atom stereocenters. The van der Waals surface area contributed by atoms with Crippen LogP contribution in [-0.4, -0.2) is 23.3 Å². The number of anilines is 1. The maximum absolute atomic E-state index is 14.6. The Hall–Kier alpha value is -3.73. The normalized spacial score (nSPS) is 16.1. The summed E-state index contributed by atoms with van der Waals surface area (Å²) in [5.41, 5.74) is 5.86. The first kappa shape index (κ1) is 20.2. The van der Waals surface area contributed by atoms with Gasteiger partial charge in [0.1, 0.15) is 11.5 Å². The highest BCUT2D eigenvalue weighted by molar-refractivity contribution is 6.45. The van der Waals surface area contributed by atoms with Gasteiger partial charge < -0.3 is 4.90 Å². The van der Waals surface area contributed by atoms with Crippen LogP contribution in [0.3, 0.4) is 0 Å². The summed E-state index contributed by atoms with van der Waals surface area (Å²) in [6.45, 7) is 5.13. The molecule has 0 saturated carbocycles. The number of fused-ring (bicyclic) bond motifs is 1. The number of carbonyl (C=O) groups excluding carboxylic acids is 2. The Kier molecular flexibility index (Phi) is 4.89. The van der Waals surface area contributed by atoms with Gasteiger partial charge in [0.05, 0.1) is 11.3 Å². The van der Waals surface area contributed by atoms with Crippen molar-refractivity contribution < 1.29 is 14.0 Å². The number of nitrogens with zero attached hydrogens (tertiary/aromatic N) is 2. The number of rotatable bonds is 3. The summed E-state index contributed by atoms with van der Waals surface area (Å²) in [5, 5.41) is 0. The average molecular weight is 426 g/mol. The van der Waals surface area contributed by atoms with Crippen molar-refractivity contribution in [3.63, 3.8) is 0 Å². The van der Waals surface area contributed by atoms with Gasteiger partial charge in [-0.05, 0) is 60.2 Å². The van der Waals surface area contributed by atoms with E-state index in [1.165, 1.54) is 17.7 Å². The molecule has 2 aliphatic rings. The minimum absolute atomic E-state index is 0.0174. The van der Waals surface area contributed by atoms with Crippen LogP contribution in [0.15, 0.2) is 72.4 Å². The minimum atomic E-state index is -0.598. The molecule has 2 amide bonds. The van der Waals surface area contributed by atoms with Gasteiger partial charge in [-0.1, -0.05) is 54.6 Å². The molecule has 160 valence electrons. The second-order valence-corrected chi connectivity index (χ2v) is 8.36. The fourth-order valence-corrected chi connectivity index (χ4v) is 4.51. The highest BCUT2D eigenvalue weighted by atomic mass is 19.1. The number of carbonyl (C=O) groups is 2. The highest BCUT2D eigenvalue weighted by Gasteiger charge is 2.43. The van der Waals surface area contributed by atoms with Gasteiger partial charge in [-0.2, -0.15) is 0 Å². The van der Waals surface area contributed by atoms with Gasteiger partial charge in [-0.3, -0.25) is 9.59 Å². The SMILES string of the molecule is Cc1ccc(C2=C(N3CCc4ccccc4C3)C(=O)N(c3ccccc3F)C2=O)cc1C. The first-order valence-corrected chi connectivity index (χ1v) is 10.7. The van der Waals surface area contributed by atoms with Crippen molar-refractivity contribution in [2.24, 2.45) is 0 Å². The Morgan fingerprint density at radius 3 is 2.28 bits per heavy atom. The smallest absolute Gasteiger partial charge is 0.282 e. The lowest BCUT2D eigenvalue weighted by molar-refractivity contribution is -0.120. The predicted molar refractivity (Wildman–Crippen MR) is 122 cm³/mol. The number of benzene rings is 3. The zero-order valence-corrected chi connectivity index (χ0v) is 18.1. The molecule has 2 aliphatic heterocycles. The van der Waals surface area contributed by atoms with Gasteiger partial charge in [0.2, 0.25) is 0 Å². The second kappa shape index (κ2) is 7.75. The first-order valence-electron chi connectivity index (χ1n) is 10.7. The van der Waals surface area contributed by atoms with Crippen LogP contribution >= 0.6 is 0 Å². The number of hydrogen-bond donors (Lipinski definition) is 0. The van der Waals surface area contributed by atoms with E-state index in [4.69, 9.17) is 0 Å². The van der Waals surface area contributed by atoms with E-state index in [9.17, 15) is 14.0 Å². The summed E-state index contributed by atoms with van der Waals surface area (Å²) in [4.78, 5) is 30.2. The summed E-state index contributed by atoms with van der Waals surface area (Å²) in [7, 11) is 0. The quantitative estimate of drug-likeness (QED) is 0.566. The van der Waals surface area contributed by atoms with E-state index in [1.54, 1.807) is 12.1 Å². The first-order chi connectivity index (χ1) is 15.5. The van der Waals surface area contributed by atoms with Crippen molar-refractivity contribution in [3.05, 3.63) is 106 Å². The topological polar surface area (TPSA) is 40.6 Å². The average Bonchev–Trinajstić information content (AvgIpc) is 3.05. The molecular weight excluding hydrogens is 403 g/mol. The fraction of sp³-hybridized carbons (Fsp3) is 0.185. The zero-order chi connectivity index (χ0) is 22.4. The molecule has 4 nitrogen and oxygen atoms in total. The maximum atomic E-state index is 14.6. The third-order valence-corrected chi connectivity index (χ3v) is 6.40. The van der Waals surface area contributed by atoms with Gasteiger partial charge in [-0.15, -0.1) is 0 Å². The van der Waals surface area contributed by atoms with Crippen LogP contribution in [0.5, 0.6) is 0 Å². The maximum Gasteiger partial charge on any atom is 0.282 e. The van der Waals surface area contributed by atoms with Gasteiger partial charge in [-0.25, -0.2) is 9.29 Å². The summed E-state index contributed by atoms with van der Waals surface area (Å²) in [5.74, 6) is -1.57.